The van der Waals surface area contributed by atoms with Gasteiger partial charge in [-0.05, 0) is 55.3 Å². The largest absolute Gasteiger partial charge is 0.481 e. The van der Waals surface area contributed by atoms with Crippen molar-refractivity contribution in [3.05, 3.63) is 48.5 Å². The molecule has 3 rings (SSSR count). The van der Waals surface area contributed by atoms with E-state index in [0.29, 0.717) is 36.5 Å². The molecule has 1 atom stereocenters. The average molecular weight is 446 g/mol. The lowest BCUT2D eigenvalue weighted by molar-refractivity contribution is -0.122. The molecular weight excluding hydrogens is 418 g/mol. The zero-order chi connectivity index (χ0) is 22.6. The van der Waals surface area contributed by atoms with Crippen LogP contribution in [-0.2, 0) is 19.6 Å². The van der Waals surface area contributed by atoms with Crippen LogP contribution in [0.1, 0.15) is 26.2 Å². The molecule has 2 amide bonds. The first-order chi connectivity index (χ1) is 14.7. The predicted octanol–water partition coefficient (Wildman–Crippen LogP) is 3.01. The number of ether oxygens (including phenoxy) is 1. The number of benzene rings is 2. The number of nitrogens with one attached hydrogen (secondary N) is 1. The van der Waals surface area contributed by atoms with Gasteiger partial charge < -0.3 is 15.0 Å². The first-order valence-electron chi connectivity index (χ1n) is 10.1. The number of hydrogen-bond acceptors (Lipinski definition) is 5. The van der Waals surface area contributed by atoms with Gasteiger partial charge in [0.15, 0.2) is 6.10 Å². The highest BCUT2D eigenvalue weighted by Gasteiger charge is 2.23. The smallest absolute Gasteiger partial charge is 0.265 e. The van der Waals surface area contributed by atoms with Crippen molar-refractivity contribution in [3.8, 4) is 5.75 Å². The van der Waals surface area contributed by atoms with Gasteiger partial charge in [-0.25, -0.2) is 8.42 Å². The maximum Gasteiger partial charge on any atom is 0.265 e. The third kappa shape index (κ3) is 5.55. The molecule has 2 aromatic carbocycles. The number of rotatable bonds is 8. The highest BCUT2D eigenvalue weighted by Crippen LogP contribution is 2.25. The topological polar surface area (TPSA) is 96.0 Å². The van der Waals surface area contributed by atoms with E-state index >= 15 is 0 Å². The van der Waals surface area contributed by atoms with Crippen LogP contribution < -0.4 is 19.3 Å². The summed E-state index contributed by atoms with van der Waals surface area (Å²) >= 11 is 0. The lowest BCUT2D eigenvalue weighted by atomic mass is 10.2. The van der Waals surface area contributed by atoms with Crippen molar-refractivity contribution in [3.63, 3.8) is 0 Å². The third-order valence-electron chi connectivity index (χ3n) is 5.14. The van der Waals surface area contributed by atoms with Crippen LogP contribution in [0.4, 0.5) is 17.1 Å². The molecule has 8 nitrogen and oxygen atoms in total. The van der Waals surface area contributed by atoms with Gasteiger partial charge >= 0.3 is 0 Å². The molecule has 0 radical (unpaired) electrons. The fraction of sp³-hybridized carbons (Fsp3) is 0.364. The van der Waals surface area contributed by atoms with Crippen molar-refractivity contribution in [1.82, 2.24) is 0 Å². The van der Waals surface area contributed by atoms with Crippen molar-refractivity contribution >= 4 is 38.9 Å². The van der Waals surface area contributed by atoms with Gasteiger partial charge in [0.05, 0.1) is 11.9 Å². The number of anilines is 3. The maximum absolute atomic E-state index is 12.7. The number of carbonyl (C=O) groups is 2. The molecule has 0 aromatic heterocycles. The summed E-state index contributed by atoms with van der Waals surface area (Å²) < 4.78 is 30.3. The molecule has 1 N–H and O–H groups in total. The van der Waals surface area contributed by atoms with E-state index in [-0.39, 0.29) is 11.8 Å². The second-order valence-electron chi connectivity index (χ2n) is 7.43. The van der Waals surface area contributed by atoms with E-state index in [1.165, 1.54) is 11.4 Å². The van der Waals surface area contributed by atoms with Crippen LogP contribution in [0.3, 0.4) is 0 Å². The molecule has 1 fully saturated rings. The Kier molecular flexibility index (Phi) is 6.84. The van der Waals surface area contributed by atoms with E-state index < -0.39 is 16.1 Å². The summed E-state index contributed by atoms with van der Waals surface area (Å²) in [5.41, 5.74) is 1.86. The van der Waals surface area contributed by atoms with E-state index in [1.54, 1.807) is 47.4 Å². The fourth-order valence-corrected chi connectivity index (χ4v) is 3.81. The molecule has 31 heavy (non-hydrogen) atoms. The first kappa shape index (κ1) is 22.6. The Balaban J connectivity index is 1.66. The normalized spacial score (nSPS) is 14.9. The molecule has 0 spiro atoms. The minimum absolute atomic E-state index is 0.0863. The summed E-state index contributed by atoms with van der Waals surface area (Å²) in [6.45, 7) is 2.52. The average Bonchev–Trinajstić information content (AvgIpc) is 3.17. The van der Waals surface area contributed by atoms with Crippen molar-refractivity contribution in [2.75, 3.05) is 34.4 Å². The van der Waals surface area contributed by atoms with Gasteiger partial charge in [0.2, 0.25) is 15.9 Å². The van der Waals surface area contributed by atoms with Crippen LogP contribution in [0.15, 0.2) is 48.5 Å². The molecule has 0 unspecified atom stereocenters. The van der Waals surface area contributed by atoms with Gasteiger partial charge in [-0.1, -0.05) is 13.0 Å². The monoisotopic (exact) mass is 445 g/mol. The van der Waals surface area contributed by atoms with Gasteiger partial charge in [0, 0.05) is 31.4 Å². The summed E-state index contributed by atoms with van der Waals surface area (Å²) in [5, 5.41) is 2.85. The van der Waals surface area contributed by atoms with E-state index in [9.17, 15) is 18.0 Å². The molecule has 2 aromatic rings. The Morgan fingerprint density at radius 1 is 1.23 bits per heavy atom. The summed E-state index contributed by atoms with van der Waals surface area (Å²) in [6, 6.07) is 13.7. The second kappa shape index (κ2) is 9.38. The van der Waals surface area contributed by atoms with E-state index in [4.69, 9.17) is 4.74 Å². The minimum Gasteiger partial charge on any atom is -0.481 e. The molecule has 9 heteroatoms. The molecule has 1 saturated heterocycles. The Morgan fingerprint density at radius 2 is 1.94 bits per heavy atom. The van der Waals surface area contributed by atoms with Crippen LogP contribution in [0.5, 0.6) is 5.75 Å². The van der Waals surface area contributed by atoms with Crippen molar-refractivity contribution < 1.29 is 22.7 Å². The lowest BCUT2D eigenvalue weighted by Gasteiger charge is -2.20. The highest BCUT2D eigenvalue weighted by atomic mass is 32.2. The van der Waals surface area contributed by atoms with Crippen LogP contribution in [0.25, 0.3) is 0 Å². The van der Waals surface area contributed by atoms with Crippen molar-refractivity contribution in [1.29, 1.82) is 0 Å². The third-order valence-corrected chi connectivity index (χ3v) is 6.34. The molecule has 1 heterocycles. The number of sulfonamides is 1. The van der Waals surface area contributed by atoms with E-state index in [1.807, 2.05) is 13.0 Å². The molecular formula is C22H27N3O5S. The maximum atomic E-state index is 12.7. The van der Waals surface area contributed by atoms with Gasteiger partial charge in [0.1, 0.15) is 5.75 Å². The van der Waals surface area contributed by atoms with E-state index in [2.05, 4.69) is 5.32 Å². The van der Waals surface area contributed by atoms with Gasteiger partial charge in [-0.2, -0.15) is 0 Å². The molecule has 0 bridgehead atoms. The van der Waals surface area contributed by atoms with Crippen LogP contribution >= 0.6 is 0 Å². The number of carbonyl (C=O) groups excluding carboxylic acids is 2. The fourth-order valence-electron chi connectivity index (χ4n) is 3.31. The van der Waals surface area contributed by atoms with Gasteiger partial charge in [0.25, 0.3) is 5.91 Å². The summed E-state index contributed by atoms with van der Waals surface area (Å²) in [4.78, 5) is 26.4. The first-order valence-corrected chi connectivity index (χ1v) is 12.0. The Labute approximate surface area is 182 Å². The number of hydrogen-bond donors (Lipinski definition) is 1. The molecule has 166 valence electrons. The molecule has 0 saturated carbocycles. The lowest BCUT2D eigenvalue weighted by Crippen LogP contribution is -2.32. The molecule has 1 aliphatic rings. The van der Waals surface area contributed by atoms with Gasteiger partial charge in [-0.15, -0.1) is 0 Å². The van der Waals surface area contributed by atoms with Crippen molar-refractivity contribution in [2.45, 2.75) is 32.3 Å². The SMILES string of the molecule is CC[C@@H](Oc1ccc(N(C)S(C)(=O)=O)cc1)C(=O)Nc1cccc(N2CCCC2=O)c1. The summed E-state index contributed by atoms with van der Waals surface area (Å²) in [5.74, 6) is 0.247. The zero-order valence-electron chi connectivity index (χ0n) is 17.9. The second-order valence-corrected chi connectivity index (χ2v) is 9.44. The van der Waals surface area contributed by atoms with E-state index in [0.717, 1.165) is 18.4 Å². The Bertz CT molecular complexity index is 1050. The van der Waals surface area contributed by atoms with Crippen molar-refractivity contribution in [2.24, 2.45) is 0 Å². The van der Waals surface area contributed by atoms with Gasteiger partial charge in [-0.3, -0.25) is 13.9 Å². The summed E-state index contributed by atoms with van der Waals surface area (Å²) in [6.07, 6.45) is 2.22. The van der Waals surface area contributed by atoms with Crippen LogP contribution in [0, 0.1) is 0 Å². The molecule has 1 aliphatic heterocycles. The Morgan fingerprint density at radius 3 is 2.52 bits per heavy atom. The number of nitrogens with zero attached hydrogens (tertiary/aromatic N) is 2. The quantitative estimate of drug-likeness (QED) is 0.674. The highest BCUT2D eigenvalue weighted by molar-refractivity contribution is 7.92. The minimum atomic E-state index is -3.35. The van der Waals surface area contributed by atoms with Crippen LogP contribution in [0.2, 0.25) is 0 Å². The zero-order valence-corrected chi connectivity index (χ0v) is 18.7. The predicted molar refractivity (Wildman–Crippen MR) is 121 cm³/mol. The Hall–Kier alpha value is -3.07. The molecule has 0 aliphatic carbocycles. The number of amides is 2. The van der Waals surface area contributed by atoms with Crippen LogP contribution in [-0.4, -0.2) is 46.2 Å². The standard InChI is InChI=1S/C22H27N3O5S/c1-4-20(30-19-12-10-17(11-13-19)24(2)31(3,28)29)22(27)23-16-7-5-8-18(15-16)25-14-6-9-21(25)26/h5,7-8,10-13,15,20H,4,6,9,14H2,1-3H3,(H,23,27)/t20-/m1/s1. The summed E-state index contributed by atoms with van der Waals surface area (Å²) in [7, 11) is -1.88.